The zero-order chi connectivity index (χ0) is 13.9. The van der Waals surface area contributed by atoms with Crippen LogP contribution in [0.5, 0.6) is 0 Å². The summed E-state index contributed by atoms with van der Waals surface area (Å²) in [6.45, 7) is 3.57. The molecule has 5 heteroatoms. The number of rotatable bonds is 2. The summed E-state index contributed by atoms with van der Waals surface area (Å²) >= 11 is 6.17. The molecule has 1 aromatic carbocycles. The maximum Gasteiger partial charge on any atom is 0.123 e. The van der Waals surface area contributed by atoms with Crippen molar-refractivity contribution in [3.8, 4) is 0 Å². The molecule has 0 spiro atoms. The molecule has 2 heterocycles. The van der Waals surface area contributed by atoms with E-state index in [0.29, 0.717) is 5.02 Å². The molecular weight excluding hydrogens is 277 g/mol. The molecular formula is C15H15ClFN3. The molecule has 1 saturated heterocycles. The summed E-state index contributed by atoms with van der Waals surface area (Å²) in [6, 6.07) is 8.59. The van der Waals surface area contributed by atoms with E-state index in [1.54, 1.807) is 12.4 Å². The van der Waals surface area contributed by atoms with Crippen LogP contribution in [0.3, 0.4) is 0 Å². The zero-order valence-corrected chi connectivity index (χ0v) is 11.7. The first-order valence-corrected chi connectivity index (χ1v) is 6.97. The Kier molecular flexibility index (Phi) is 3.74. The quantitative estimate of drug-likeness (QED) is 0.847. The normalized spacial score (nSPS) is 15.5. The predicted octanol–water partition coefficient (Wildman–Crippen LogP) is 3.20. The Morgan fingerprint density at radius 2 is 1.60 bits per heavy atom. The van der Waals surface area contributed by atoms with Gasteiger partial charge in [0.25, 0.3) is 0 Å². The third kappa shape index (κ3) is 2.70. The molecule has 0 amide bonds. The van der Waals surface area contributed by atoms with Gasteiger partial charge < -0.3 is 9.80 Å². The number of pyridine rings is 1. The van der Waals surface area contributed by atoms with Gasteiger partial charge in [-0.3, -0.25) is 4.98 Å². The molecule has 3 rings (SSSR count). The predicted molar refractivity (Wildman–Crippen MR) is 80.1 cm³/mol. The second-order valence-corrected chi connectivity index (χ2v) is 5.18. The van der Waals surface area contributed by atoms with Crippen LogP contribution in [0.1, 0.15) is 0 Å². The fourth-order valence-electron chi connectivity index (χ4n) is 2.48. The van der Waals surface area contributed by atoms with Crippen LogP contribution >= 0.6 is 11.6 Å². The van der Waals surface area contributed by atoms with E-state index in [1.807, 2.05) is 18.2 Å². The van der Waals surface area contributed by atoms with Crippen LogP contribution in [0.15, 0.2) is 42.7 Å². The van der Waals surface area contributed by atoms with Gasteiger partial charge in [0.1, 0.15) is 5.82 Å². The summed E-state index contributed by atoms with van der Waals surface area (Å²) in [6.07, 6.45) is 3.43. The van der Waals surface area contributed by atoms with E-state index >= 15 is 0 Å². The van der Waals surface area contributed by atoms with E-state index in [0.717, 1.165) is 37.6 Å². The van der Waals surface area contributed by atoms with Crippen LogP contribution < -0.4 is 9.80 Å². The minimum absolute atomic E-state index is 0.198. The van der Waals surface area contributed by atoms with Gasteiger partial charge in [-0.05, 0) is 30.3 Å². The number of anilines is 2. The molecule has 104 valence electrons. The third-order valence-corrected chi connectivity index (χ3v) is 3.85. The van der Waals surface area contributed by atoms with E-state index in [-0.39, 0.29) is 5.82 Å². The van der Waals surface area contributed by atoms with Crippen molar-refractivity contribution >= 4 is 23.0 Å². The molecule has 2 aromatic rings. The Bertz CT molecular complexity index is 580. The molecule has 0 N–H and O–H groups in total. The standard InChI is InChI=1S/C15H15ClFN3/c16-14-11-18-6-5-15(14)20-9-7-19(8-10-20)13-3-1-12(17)2-4-13/h1-6,11H,7-10H2. The smallest absolute Gasteiger partial charge is 0.123 e. The van der Waals surface area contributed by atoms with Crippen LogP contribution in [0.25, 0.3) is 0 Å². The highest BCUT2D eigenvalue weighted by Crippen LogP contribution is 2.26. The highest BCUT2D eigenvalue weighted by atomic mass is 35.5. The van der Waals surface area contributed by atoms with Crippen molar-refractivity contribution in [3.05, 3.63) is 53.6 Å². The molecule has 1 aromatic heterocycles. The van der Waals surface area contributed by atoms with Gasteiger partial charge in [0.15, 0.2) is 0 Å². The first kappa shape index (κ1) is 13.2. The van der Waals surface area contributed by atoms with Gasteiger partial charge in [0.05, 0.1) is 10.7 Å². The van der Waals surface area contributed by atoms with Gasteiger partial charge in [-0.2, -0.15) is 0 Å². The zero-order valence-electron chi connectivity index (χ0n) is 11.0. The second-order valence-electron chi connectivity index (χ2n) is 4.78. The van der Waals surface area contributed by atoms with Crippen molar-refractivity contribution in [1.29, 1.82) is 0 Å². The second kappa shape index (κ2) is 5.67. The number of benzene rings is 1. The largest absolute Gasteiger partial charge is 0.368 e. The van der Waals surface area contributed by atoms with Gasteiger partial charge >= 0.3 is 0 Å². The van der Waals surface area contributed by atoms with Gasteiger partial charge in [0.2, 0.25) is 0 Å². The van der Waals surface area contributed by atoms with Crippen molar-refractivity contribution in [1.82, 2.24) is 4.98 Å². The molecule has 1 aliphatic heterocycles. The van der Waals surface area contributed by atoms with Gasteiger partial charge in [-0.15, -0.1) is 0 Å². The fraction of sp³-hybridized carbons (Fsp3) is 0.267. The molecule has 0 atom stereocenters. The van der Waals surface area contributed by atoms with E-state index in [4.69, 9.17) is 11.6 Å². The Morgan fingerprint density at radius 1 is 0.950 bits per heavy atom. The fourth-order valence-corrected chi connectivity index (χ4v) is 2.72. The maximum absolute atomic E-state index is 12.9. The third-order valence-electron chi connectivity index (χ3n) is 3.56. The van der Waals surface area contributed by atoms with Gasteiger partial charge in [0, 0.05) is 44.3 Å². The maximum atomic E-state index is 12.9. The highest BCUT2D eigenvalue weighted by Gasteiger charge is 2.19. The summed E-state index contributed by atoms with van der Waals surface area (Å²) in [5.74, 6) is -0.198. The summed E-state index contributed by atoms with van der Waals surface area (Å²) in [5.41, 5.74) is 2.09. The van der Waals surface area contributed by atoms with Crippen molar-refractivity contribution in [2.75, 3.05) is 36.0 Å². The minimum atomic E-state index is -0.198. The molecule has 0 unspecified atom stereocenters. The van der Waals surface area contributed by atoms with Gasteiger partial charge in [-0.25, -0.2) is 4.39 Å². The average molecular weight is 292 g/mol. The lowest BCUT2D eigenvalue weighted by Gasteiger charge is -2.37. The molecule has 1 fully saturated rings. The number of halogens is 2. The van der Waals surface area contributed by atoms with E-state index < -0.39 is 0 Å². The SMILES string of the molecule is Fc1ccc(N2CCN(c3ccncc3Cl)CC2)cc1. The molecule has 0 radical (unpaired) electrons. The van der Waals surface area contributed by atoms with Crippen molar-refractivity contribution in [3.63, 3.8) is 0 Å². The Balaban J connectivity index is 1.68. The number of nitrogens with zero attached hydrogens (tertiary/aromatic N) is 3. The van der Waals surface area contributed by atoms with Crippen molar-refractivity contribution in [2.45, 2.75) is 0 Å². The van der Waals surface area contributed by atoms with Crippen LogP contribution in [0.2, 0.25) is 5.02 Å². The number of hydrogen-bond acceptors (Lipinski definition) is 3. The Labute approximate surface area is 122 Å². The summed E-state index contributed by atoms with van der Waals surface area (Å²) < 4.78 is 12.9. The lowest BCUT2D eigenvalue weighted by atomic mass is 10.2. The van der Waals surface area contributed by atoms with Crippen molar-refractivity contribution in [2.24, 2.45) is 0 Å². The highest BCUT2D eigenvalue weighted by molar-refractivity contribution is 6.33. The minimum Gasteiger partial charge on any atom is -0.368 e. The molecule has 0 saturated carbocycles. The molecule has 0 aliphatic carbocycles. The van der Waals surface area contributed by atoms with Crippen molar-refractivity contribution < 1.29 is 4.39 Å². The summed E-state index contributed by atoms with van der Waals surface area (Å²) in [4.78, 5) is 8.51. The molecule has 0 bridgehead atoms. The van der Waals surface area contributed by atoms with E-state index in [2.05, 4.69) is 14.8 Å². The summed E-state index contributed by atoms with van der Waals surface area (Å²) in [5, 5.41) is 0.683. The van der Waals surface area contributed by atoms with Gasteiger partial charge in [-0.1, -0.05) is 11.6 Å². The summed E-state index contributed by atoms with van der Waals surface area (Å²) in [7, 11) is 0. The van der Waals surface area contributed by atoms with E-state index in [9.17, 15) is 4.39 Å². The lowest BCUT2D eigenvalue weighted by molar-refractivity contribution is 0.625. The number of hydrogen-bond donors (Lipinski definition) is 0. The molecule has 20 heavy (non-hydrogen) atoms. The van der Waals surface area contributed by atoms with E-state index in [1.165, 1.54) is 12.1 Å². The average Bonchev–Trinajstić information content (AvgIpc) is 2.49. The molecule has 3 nitrogen and oxygen atoms in total. The first-order chi connectivity index (χ1) is 9.74. The van der Waals surface area contributed by atoms with Crippen LogP contribution in [0, 0.1) is 5.82 Å². The van der Waals surface area contributed by atoms with Crippen LogP contribution in [0.4, 0.5) is 15.8 Å². The number of piperazine rings is 1. The van der Waals surface area contributed by atoms with Crippen LogP contribution in [-0.2, 0) is 0 Å². The Hall–Kier alpha value is -1.81. The topological polar surface area (TPSA) is 19.4 Å². The monoisotopic (exact) mass is 291 g/mol. The number of aromatic nitrogens is 1. The Morgan fingerprint density at radius 3 is 2.25 bits per heavy atom. The lowest BCUT2D eigenvalue weighted by Crippen LogP contribution is -2.46. The van der Waals surface area contributed by atoms with Crippen LogP contribution in [-0.4, -0.2) is 31.2 Å². The molecule has 1 aliphatic rings. The first-order valence-electron chi connectivity index (χ1n) is 6.59.